The van der Waals surface area contributed by atoms with Crippen molar-refractivity contribution in [1.82, 2.24) is 0 Å². The number of aliphatic imine (C=N–C) groups is 1. The van der Waals surface area contributed by atoms with Gasteiger partial charge in [0.15, 0.2) is 11.5 Å². The molecular formula is C13H12NO6P. The summed E-state index contributed by atoms with van der Waals surface area (Å²) in [7, 11) is -4.65. The number of nitrogens with zero attached hydrogens (tertiary/aromatic N) is 1. The molecule has 8 heteroatoms. The number of hydrogen-bond acceptors (Lipinski definition) is 5. The fraction of sp³-hybridized carbons (Fsp3) is 0.0769. The van der Waals surface area contributed by atoms with Crippen LogP contribution in [0, 0.1) is 0 Å². The van der Waals surface area contributed by atoms with Crippen LogP contribution >= 0.6 is 7.82 Å². The van der Waals surface area contributed by atoms with Gasteiger partial charge in [-0.25, -0.2) is 9.56 Å². The molecule has 7 nitrogen and oxygen atoms in total. The van der Waals surface area contributed by atoms with Gasteiger partial charge in [-0.1, -0.05) is 6.08 Å². The number of carbonyl (C=O) groups is 1. The molecule has 1 aromatic rings. The minimum atomic E-state index is -4.65. The van der Waals surface area contributed by atoms with Gasteiger partial charge in [0.25, 0.3) is 0 Å². The van der Waals surface area contributed by atoms with E-state index in [1.165, 1.54) is 24.3 Å². The minimum absolute atomic E-state index is 0.0581. The molecule has 1 heterocycles. The normalized spacial score (nSPS) is 16.3. The van der Waals surface area contributed by atoms with Gasteiger partial charge < -0.3 is 9.26 Å². The van der Waals surface area contributed by atoms with Crippen molar-refractivity contribution < 1.29 is 28.4 Å². The molecule has 0 atom stereocenters. The molecule has 21 heavy (non-hydrogen) atoms. The standard InChI is InChI=1S/C13H12NO6P/c1-2-3-10-12(6-7-15)19-13-8-9(20-21(16,17)18)4-5-11(13)14-10/h2-8H,1H3,(H2,16,17,18)/b3-2-,12-6+. The lowest BCUT2D eigenvalue weighted by molar-refractivity contribution is -0.104. The van der Waals surface area contributed by atoms with E-state index in [-0.39, 0.29) is 17.3 Å². The first-order valence-corrected chi connectivity index (χ1v) is 7.40. The van der Waals surface area contributed by atoms with Crippen molar-refractivity contribution >= 4 is 25.5 Å². The zero-order valence-electron chi connectivity index (χ0n) is 11.0. The summed E-state index contributed by atoms with van der Waals surface area (Å²) in [6.45, 7) is 1.80. The van der Waals surface area contributed by atoms with Crippen molar-refractivity contribution in [3.8, 4) is 11.5 Å². The molecule has 0 unspecified atom stereocenters. The molecule has 0 aliphatic carbocycles. The molecule has 1 aliphatic rings. The average Bonchev–Trinajstić information content (AvgIpc) is 2.38. The fourth-order valence-corrected chi connectivity index (χ4v) is 2.06. The highest BCUT2D eigenvalue weighted by Gasteiger charge is 2.21. The van der Waals surface area contributed by atoms with Gasteiger partial charge in [-0.3, -0.25) is 14.6 Å². The van der Waals surface area contributed by atoms with Gasteiger partial charge in [-0.05, 0) is 25.1 Å². The van der Waals surface area contributed by atoms with Crippen molar-refractivity contribution in [2.24, 2.45) is 4.99 Å². The second-order valence-corrected chi connectivity index (χ2v) is 5.14. The lowest BCUT2D eigenvalue weighted by Gasteiger charge is -2.18. The molecule has 110 valence electrons. The molecule has 0 saturated carbocycles. The number of phosphoric acid groups is 1. The summed E-state index contributed by atoms with van der Waals surface area (Å²) in [5, 5.41) is 0. The van der Waals surface area contributed by atoms with E-state index < -0.39 is 7.82 Å². The molecular weight excluding hydrogens is 297 g/mol. The topological polar surface area (TPSA) is 105 Å². The summed E-state index contributed by atoms with van der Waals surface area (Å²) in [5.74, 6) is 0.420. The maximum atomic E-state index is 10.8. The van der Waals surface area contributed by atoms with E-state index in [0.717, 1.165) is 0 Å². The van der Waals surface area contributed by atoms with Crippen LogP contribution in [-0.2, 0) is 9.36 Å². The third-order valence-electron chi connectivity index (χ3n) is 2.41. The van der Waals surface area contributed by atoms with E-state index >= 15 is 0 Å². The predicted octanol–water partition coefficient (Wildman–Crippen LogP) is 2.28. The van der Waals surface area contributed by atoms with Gasteiger partial charge in [-0.2, -0.15) is 0 Å². The second kappa shape index (κ2) is 6.05. The van der Waals surface area contributed by atoms with Crippen LogP contribution < -0.4 is 9.26 Å². The lowest BCUT2D eigenvalue weighted by Crippen LogP contribution is -2.11. The predicted molar refractivity (Wildman–Crippen MR) is 75.8 cm³/mol. The van der Waals surface area contributed by atoms with E-state index in [1.807, 2.05) is 0 Å². The Hall–Kier alpha value is -2.21. The Morgan fingerprint density at radius 1 is 1.38 bits per heavy atom. The van der Waals surface area contributed by atoms with Crippen LogP contribution in [0.2, 0.25) is 0 Å². The number of fused-ring (bicyclic) bond motifs is 1. The maximum Gasteiger partial charge on any atom is 0.524 e. The van der Waals surface area contributed by atoms with Gasteiger partial charge in [-0.15, -0.1) is 0 Å². The zero-order chi connectivity index (χ0) is 15.5. The number of ether oxygens (including phenoxy) is 1. The van der Waals surface area contributed by atoms with Crippen LogP contribution in [0.3, 0.4) is 0 Å². The van der Waals surface area contributed by atoms with Crippen LogP contribution in [0.5, 0.6) is 11.5 Å². The molecule has 0 radical (unpaired) electrons. The van der Waals surface area contributed by atoms with Crippen molar-refractivity contribution in [2.45, 2.75) is 6.92 Å². The number of phosphoric ester groups is 1. The van der Waals surface area contributed by atoms with E-state index in [1.54, 1.807) is 19.1 Å². The van der Waals surface area contributed by atoms with E-state index in [4.69, 9.17) is 14.5 Å². The highest BCUT2D eigenvalue weighted by atomic mass is 31.2. The Labute approximate surface area is 120 Å². The monoisotopic (exact) mass is 309 g/mol. The Balaban J connectivity index is 2.43. The maximum absolute atomic E-state index is 10.8. The van der Waals surface area contributed by atoms with E-state index in [2.05, 4.69) is 9.52 Å². The fourth-order valence-electron chi connectivity index (χ4n) is 1.68. The first kappa shape index (κ1) is 15.2. The molecule has 0 aromatic heterocycles. The van der Waals surface area contributed by atoms with Gasteiger partial charge in [0.1, 0.15) is 23.4 Å². The van der Waals surface area contributed by atoms with E-state index in [9.17, 15) is 9.36 Å². The smallest absolute Gasteiger partial charge is 0.453 e. The minimum Gasteiger partial charge on any atom is -0.453 e. The summed E-state index contributed by atoms with van der Waals surface area (Å²) >= 11 is 0. The molecule has 0 spiro atoms. The van der Waals surface area contributed by atoms with Crippen LogP contribution in [0.15, 0.2) is 47.2 Å². The Bertz CT molecular complexity index is 701. The van der Waals surface area contributed by atoms with Crippen molar-refractivity contribution in [3.05, 3.63) is 42.2 Å². The molecule has 1 aliphatic heterocycles. The highest BCUT2D eigenvalue weighted by Crippen LogP contribution is 2.42. The molecule has 0 amide bonds. The number of allylic oxidation sites excluding steroid dienone is 3. The Morgan fingerprint density at radius 2 is 2.14 bits per heavy atom. The van der Waals surface area contributed by atoms with Gasteiger partial charge in [0.2, 0.25) is 0 Å². The highest BCUT2D eigenvalue weighted by molar-refractivity contribution is 7.46. The summed E-state index contributed by atoms with van der Waals surface area (Å²) in [4.78, 5) is 32.5. The summed E-state index contributed by atoms with van der Waals surface area (Å²) in [5.41, 5.74) is 0.935. The lowest BCUT2D eigenvalue weighted by atomic mass is 10.2. The quantitative estimate of drug-likeness (QED) is 0.502. The molecule has 0 bridgehead atoms. The number of hydrogen-bond donors (Lipinski definition) is 2. The van der Waals surface area contributed by atoms with Gasteiger partial charge in [0, 0.05) is 12.1 Å². The average molecular weight is 309 g/mol. The summed E-state index contributed by atoms with van der Waals surface area (Å²) < 4.78 is 20.8. The van der Waals surface area contributed by atoms with Crippen LogP contribution in [0.25, 0.3) is 0 Å². The first-order chi connectivity index (χ1) is 9.93. The molecule has 0 saturated heterocycles. The molecule has 1 aromatic carbocycles. The summed E-state index contributed by atoms with van der Waals surface area (Å²) in [6.07, 6.45) is 5.20. The second-order valence-electron chi connectivity index (χ2n) is 3.98. The molecule has 0 fully saturated rings. The largest absolute Gasteiger partial charge is 0.524 e. The third kappa shape index (κ3) is 3.88. The number of carbonyl (C=O) groups excluding carboxylic acids is 1. The van der Waals surface area contributed by atoms with Crippen LogP contribution in [0.4, 0.5) is 5.69 Å². The van der Waals surface area contributed by atoms with Crippen molar-refractivity contribution in [1.29, 1.82) is 0 Å². The van der Waals surface area contributed by atoms with Crippen LogP contribution in [0.1, 0.15) is 6.92 Å². The van der Waals surface area contributed by atoms with E-state index in [0.29, 0.717) is 17.7 Å². The van der Waals surface area contributed by atoms with Crippen molar-refractivity contribution in [2.75, 3.05) is 0 Å². The number of benzene rings is 1. The Kier molecular flexibility index (Phi) is 4.37. The summed E-state index contributed by atoms with van der Waals surface area (Å²) in [6, 6.07) is 4.16. The first-order valence-electron chi connectivity index (χ1n) is 5.87. The SMILES string of the molecule is C/C=C\C1=Nc2ccc(OP(=O)(O)O)cc2O/C1=C/C=O. The number of aldehydes is 1. The van der Waals surface area contributed by atoms with Gasteiger partial charge in [0.05, 0.1) is 0 Å². The van der Waals surface area contributed by atoms with Crippen molar-refractivity contribution in [3.63, 3.8) is 0 Å². The number of rotatable bonds is 4. The molecule has 2 rings (SSSR count). The Morgan fingerprint density at radius 3 is 2.76 bits per heavy atom. The zero-order valence-corrected chi connectivity index (χ0v) is 11.9. The molecule has 2 N–H and O–H groups in total. The third-order valence-corrected chi connectivity index (χ3v) is 2.86. The van der Waals surface area contributed by atoms with Gasteiger partial charge >= 0.3 is 7.82 Å². The van der Waals surface area contributed by atoms with Crippen LogP contribution in [-0.4, -0.2) is 21.8 Å².